The molecule has 0 fully saturated rings. The summed E-state index contributed by atoms with van der Waals surface area (Å²) >= 11 is 3.26. The maximum absolute atomic E-state index is 14.0. The second-order valence-corrected chi connectivity index (χ2v) is 5.54. The quantitative estimate of drug-likeness (QED) is 0.831. The summed E-state index contributed by atoms with van der Waals surface area (Å²) in [5, 5.41) is 0. The highest BCUT2D eigenvalue weighted by Gasteiger charge is 2.24. The molecule has 6 heteroatoms. The molecule has 2 aromatic carbocycles. The van der Waals surface area contributed by atoms with Crippen molar-refractivity contribution in [1.29, 1.82) is 0 Å². The lowest BCUT2D eigenvalue weighted by Crippen LogP contribution is -2.29. The lowest BCUT2D eigenvalue weighted by atomic mass is 10.1. The van der Waals surface area contributed by atoms with Gasteiger partial charge in [-0.15, -0.1) is 0 Å². The molecule has 0 aliphatic carbocycles. The number of carbonyl (C=O) groups is 1. The Balaban J connectivity index is 2.47. The Morgan fingerprint density at radius 2 is 1.90 bits per heavy atom. The van der Waals surface area contributed by atoms with Crippen molar-refractivity contribution in [3.63, 3.8) is 0 Å². The molecular formula is C15H13BrF2N2O. The van der Waals surface area contributed by atoms with Crippen LogP contribution in [-0.4, -0.2) is 13.0 Å². The van der Waals surface area contributed by atoms with E-state index in [1.54, 1.807) is 18.2 Å². The lowest BCUT2D eigenvalue weighted by molar-refractivity contribution is 0.0985. The lowest BCUT2D eigenvalue weighted by Gasteiger charge is -2.20. The van der Waals surface area contributed by atoms with Crippen LogP contribution in [0.4, 0.5) is 20.2 Å². The Kier molecular flexibility index (Phi) is 4.27. The largest absolute Gasteiger partial charge is 0.397 e. The number of hydrogen-bond acceptors (Lipinski definition) is 2. The zero-order valence-electron chi connectivity index (χ0n) is 11.5. The molecule has 3 nitrogen and oxygen atoms in total. The Morgan fingerprint density at radius 3 is 2.52 bits per heavy atom. The summed E-state index contributed by atoms with van der Waals surface area (Å²) in [6.07, 6.45) is 0. The van der Waals surface area contributed by atoms with E-state index in [0.717, 1.165) is 15.4 Å². The molecule has 1 amide bonds. The van der Waals surface area contributed by atoms with Crippen molar-refractivity contribution in [2.24, 2.45) is 0 Å². The number of aryl methyl sites for hydroxylation is 1. The topological polar surface area (TPSA) is 46.3 Å². The molecule has 0 atom stereocenters. The van der Waals surface area contributed by atoms with E-state index in [9.17, 15) is 13.6 Å². The van der Waals surface area contributed by atoms with E-state index in [1.807, 2.05) is 0 Å². The molecule has 0 bridgehead atoms. The van der Waals surface area contributed by atoms with Crippen LogP contribution in [0.3, 0.4) is 0 Å². The predicted octanol–water partition coefficient (Wildman–Crippen LogP) is 3.89. The van der Waals surface area contributed by atoms with Gasteiger partial charge in [0.15, 0.2) is 0 Å². The fraction of sp³-hybridized carbons (Fsp3) is 0.133. The van der Waals surface area contributed by atoms with E-state index in [4.69, 9.17) is 5.73 Å². The summed E-state index contributed by atoms with van der Waals surface area (Å²) in [5.41, 5.74) is 6.16. The van der Waals surface area contributed by atoms with Crippen LogP contribution in [0.25, 0.3) is 0 Å². The summed E-state index contributed by atoms with van der Waals surface area (Å²) in [4.78, 5) is 13.5. The third-order valence-corrected chi connectivity index (χ3v) is 3.65. The van der Waals surface area contributed by atoms with E-state index in [2.05, 4.69) is 15.9 Å². The van der Waals surface area contributed by atoms with Crippen LogP contribution in [0.1, 0.15) is 15.9 Å². The monoisotopic (exact) mass is 354 g/mol. The van der Waals surface area contributed by atoms with Crippen LogP contribution in [-0.2, 0) is 0 Å². The number of hydrogen-bond donors (Lipinski definition) is 1. The molecule has 0 aliphatic rings. The van der Waals surface area contributed by atoms with Crippen LogP contribution < -0.4 is 10.6 Å². The normalized spacial score (nSPS) is 10.5. The van der Waals surface area contributed by atoms with Gasteiger partial charge < -0.3 is 10.6 Å². The van der Waals surface area contributed by atoms with E-state index in [-0.39, 0.29) is 5.56 Å². The first-order valence-corrected chi connectivity index (χ1v) is 6.90. The second kappa shape index (κ2) is 5.81. The minimum absolute atomic E-state index is 0.205. The molecule has 2 rings (SSSR count). The number of nitrogen functional groups attached to an aromatic ring is 1. The molecule has 2 N–H and O–H groups in total. The van der Waals surface area contributed by atoms with Crippen LogP contribution in [0.5, 0.6) is 0 Å². The number of rotatable bonds is 2. The van der Waals surface area contributed by atoms with Gasteiger partial charge in [0.25, 0.3) is 5.91 Å². The number of benzene rings is 2. The van der Waals surface area contributed by atoms with Gasteiger partial charge in [-0.25, -0.2) is 8.78 Å². The third-order valence-electron chi connectivity index (χ3n) is 3.15. The van der Waals surface area contributed by atoms with Crippen molar-refractivity contribution in [3.05, 3.63) is 57.6 Å². The summed E-state index contributed by atoms with van der Waals surface area (Å²) in [6.45, 7) is 1.47. The molecule has 2 aromatic rings. The van der Waals surface area contributed by atoms with Crippen LogP contribution in [0.15, 0.2) is 34.8 Å². The Morgan fingerprint density at radius 1 is 1.24 bits per heavy atom. The second-order valence-electron chi connectivity index (χ2n) is 4.62. The van der Waals surface area contributed by atoms with Crippen molar-refractivity contribution in [2.75, 3.05) is 17.7 Å². The Labute approximate surface area is 129 Å². The van der Waals surface area contributed by atoms with Crippen molar-refractivity contribution >= 4 is 33.2 Å². The molecule has 0 aliphatic heterocycles. The van der Waals surface area contributed by atoms with Gasteiger partial charge in [0, 0.05) is 11.5 Å². The number of carbonyl (C=O) groups excluding carboxylic acids is 1. The molecule has 0 aromatic heterocycles. The average molecular weight is 355 g/mol. The van der Waals surface area contributed by atoms with Gasteiger partial charge in [-0.05, 0) is 36.8 Å². The van der Waals surface area contributed by atoms with Gasteiger partial charge in [0.05, 0.1) is 11.4 Å². The van der Waals surface area contributed by atoms with Crippen LogP contribution in [0, 0.1) is 18.6 Å². The van der Waals surface area contributed by atoms with Crippen molar-refractivity contribution < 1.29 is 13.6 Å². The molecule has 0 saturated heterocycles. The van der Waals surface area contributed by atoms with E-state index < -0.39 is 23.1 Å². The molecule has 0 radical (unpaired) electrons. The molecule has 0 saturated carbocycles. The molecule has 0 spiro atoms. The van der Waals surface area contributed by atoms with Crippen molar-refractivity contribution in [3.8, 4) is 0 Å². The summed E-state index contributed by atoms with van der Waals surface area (Å²) in [7, 11) is 1.42. The fourth-order valence-corrected chi connectivity index (χ4v) is 2.34. The Hall–Kier alpha value is -1.95. The van der Waals surface area contributed by atoms with Crippen LogP contribution in [0.2, 0.25) is 0 Å². The first-order valence-electron chi connectivity index (χ1n) is 6.10. The molecule has 110 valence electrons. The van der Waals surface area contributed by atoms with E-state index >= 15 is 0 Å². The fourth-order valence-electron chi connectivity index (χ4n) is 1.96. The zero-order valence-corrected chi connectivity index (χ0v) is 13.0. The number of nitrogens with zero attached hydrogens (tertiary/aromatic N) is 1. The highest BCUT2D eigenvalue weighted by atomic mass is 79.9. The molecule has 21 heavy (non-hydrogen) atoms. The van der Waals surface area contributed by atoms with Crippen molar-refractivity contribution in [2.45, 2.75) is 6.92 Å². The smallest absolute Gasteiger partial charge is 0.264 e. The molecule has 0 unspecified atom stereocenters. The average Bonchev–Trinajstić information content (AvgIpc) is 2.42. The predicted molar refractivity (Wildman–Crippen MR) is 82.4 cm³/mol. The highest BCUT2D eigenvalue weighted by molar-refractivity contribution is 9.10. The third kappa shape index (κ3) is 2.90. The first-order chi connectivity index (χ1) is 9.82. The standard InChI is InChI=1S/C15H13BrF2N2O/c1-8-3-5-10(17)13(14(8)18)15(21)20(2)12-6-4-9(16)7-11(12)19/h3-7H,19H2,1-2H3. The van der Waals surface area contributed by atoms with Crippen molar-refractivity contribution in [1.82, 2.24) is 0 Å². The van der Waals surface area contributed by atoms with Gasteiger partial charge in [0.1, 0.15) is 17.2 Å². The summed E-state index contributed by atoms with van der Waals surface area (Å²) in [6, 6.07) is 7.27. The Bertz CT molecular complexity index is 719. The van der Waals surface area contributed by atoms with Gasteiger partial charge in [0.2, 0.25) is 0 Å². The number of halogens is 3. The number of amides is 1. The maximum Gasteiger partial charge on any atom is 0.264 e. The zero-order chi connectivity index (χ0) is 15.7. The summed E-state index contributed by atoms with van der Waals surface area (Å²) < 4.78 is 28.6. The first kappa shape index (κ1) is 15.4. The maximum atomic E-state index is 14.0. The molecule has 0 heterocycles. The molecular weight excluding hydrogens is 342 g/mol. The number of anilines is 2. The van der Waals surface area contributed by atoms with Crippen LogP contribution >= 0.6 is 15.9 Å². The SMILES string of the molecule is Cc1ccc(F)c(C(=O)N(C)c2ccc(Br)cc2N)c1F. The van der Waals surface area contributed by atoms with E-state index in [1.165, 1.54) is 20.0 Å². The highest BCUT2D eigenvalue weighted by Crippen LogP contribution is 2.28. The van der Waals surface area contributed by atoms with Gasteiger partial charge >= 0.3 is 0 Å². The van der Waals surface area contributed by atoms with Gasteiger partial charge in [-0.1, -0.05) is 22.0 Å². The van der Waals surface area contributed by atoms with E-state index in [0.29, 0.717) is 11.4 Å². The van der Waals surface area contributed by atoms with Gasteiger partial charge in [-0.2, -0.15) is 0 Å². The van der Waals surface area contributed by atoms with Gasteiger partial charge in [-0.3, -0.25) is 4.79 Å². The minimum Gasteiger partial charge on any atom is -0.397 e. The number of nitrogens with two attached hydrogens (primary N) is 1. The minimum atomic E-state index is -0.898. The summed E-state index contributed by atoms with van der Waals surface area (Å²) in [5.74, 6) is -2.55.